The lowest BCUT2D eigenvalue weighted by Gasteiger charge is -2.03. The molecule has 0 aromatic heterocycles. The monoisotopic (exact) mass is 271 g/mol. The van der Waals surface area contributed by atoms with E-state index in [-0.39, 0.29) is 11.8 Å². The Balaban J connectivity index is 3.10. The van der Waals surface area contributed by atoms with Gasteiger partial charge >= 0.3 is 0 Å². The van der Waals surface area contributed by atoms with Gasteiger partial charge in [0.2, 0.25) is 11.8 Å². The van der Waals surface area contributed by atoms with Crippen LogP contribution in [0.3, 0.4) is 0 Å². The molecule has 19 heavy (non-hydrogen) atoms. The fraction of sp³-hybridized carbons (Fsp3) is 0.857. The van der Waals surface area contributed by atoms with Crippen molar-refractivity contribution in [2.75, 3.05) is 13.1 Å². The predicted octanol–water partition coefficient (Wildman–Crippen LogP) is 1.45. The summed E-state index contributed by atoms with van der Waals surface area (Å²) < 4.78 is 0. The van der Waals surface area contributed by atoms with Crippen molar-refractivity contribution in [2.24, 2.45) is 11.5 Å². The molecular weight excluding hydrogens is 242 g/mol. The summed E-state index contributed by atoms with van der Waals surface area (Å²) in [5.74, 6) is -0.0928. The van der Waals surface area contributed by atoms with Crippen molar-refractivity contribution in [3.05, 3.63) is 0 Å². The topological polar surface area (TPSA) is 98.2 Å². The molecule has 0 rings (SSSR count). The summed E-state index contributed by atoms with van der Waals surface area (Å²) in [6, 6.07) is 0. The molecule has 0 aliphatic rings. The molecule has 0 heterocycles. The quantitative estimate of drug-likeness (QED) is 0.442. The molecule has 0 atom stereocenters. The van der Waals surface area contributed by atoms with E-state index in [0.717, 1.165) is 25.7 Å². The predicted molar refractivity (Wildman–Crippen MR) is 77.4 cm³/mol. The largest absolute Gasteiger partial charge is 0.370 e. The molecule has 5 nitrogen and oxygen atoms in total. The van der Waals surface area contributed by atoms with Crippen molar-refractivity contribution in [2.45, 2.75) is 64.2 Å². The first kappa shape index (κ1) is 17.9. The average Bonchev–Trinajstić information content (AvgIpc) is 2.38. The molecule has 0 saturated carbocycles. The van der Waals surface area contributed by atoms with Gasteiger partial charge in [-0.25, -0.2) is 0 Å². The van der Waals surface area contributed by atoms with Crippen molar-refractivity contribution >= 4 is 11.8 Å². The molecule has 5 heteroatoms. The first-order chi connectivity index (χ1) is 9.16. The van der Waals surface area contributed by atoms with E-state index in [0.29, 0.717) is 25.9 Å². The molecule has 0 spiro atoms. The van der Waals surface area contributed by atoms with Crippen LogP contribution >= 0.6 is 0 Å². The molecule has 0 fully saturated rings. The van der Waals surface area contributed by atoms with Crippen LogP contribution < -0.4 is 16.8 Å². The minimum absolute atomic E-state index is 0.108. The highest BCUT2D eigenvalue weighted by Crippen LogP contribution is 2.10. The lowest BCUT2D eigenvalue weighted by atomic mass is 10.1. The number of rotatable bonds is 13. The summed E-state index contributed by atoms with van der Waals surface area (Å²) >= 11 is 0. The first-order valence-electron chi connectivity index (χ1n) is 7.42. The van der Waals surface area contributed by atoms with Crippen LogP contribution in [0.5, 0.6) is 0 Å². The molecule has 0 aromatic rings. The van der Waals surface area contributed by atoms with Gasteiger partial charge in [-0.1, -0.05) is 38.5 Å². The summed E-state index contributed by atoms with van der Waals surface area (Å²) in [5.41, 5.74) is 10.4. The van der Waals surface area contributed by atoms with Gasteiger partial charge in [-0.05, 0) is 12.8 Å². The van der Waals surface area contributed by atoms with E-state index >= 15 is 0 Å². The molecule has 0 aliphatic carbocycles. The molecule has 112 valence electrons. The summed E-state index contributed by atoms with van der Waals surface area (Å²) in [6.07, 6.45) is 9.95. The van der Waals surface area contributed by atoms with E-state index in [1.54, 1.807) is 0 Å². The van der Waals surface area contributed by atoms with Crippen LogP contribution in [-0.4, -0.2) is 24.9 Å². The Morgan fingerprint density at radius 2 is 1.26 bits per heavy atom. The standard InChI is InChI=1S/C14H29N3O2/c15-11-12-17-14(19)10-8-6-4-2-1-3-5-7-9-13(16)18/h1-12,15H2,(H2,16,18)(H,17,19). The van der Waals surface area contributed by atoms with E-state index in [1.807, 2.05) is 0 Å². The van der Waals surface area contributed by atoms with Gasteiger partial charge in [0.05, 0.1) is 0 Å². The summed E-state index contributed by atoms with van der Waals surface area (Å²) in [4.78, 5) is 21.8. The highest BCUT2D eigenvalue weighted by molar-refractivity contribution is 5.75. The zero-order valence-corrected chi connectivity index (χ0v) is 12.0. The van der Waals surface area contributed by atoms with Gasteiger partial charge in [-0.2, -0.15) is 0 Å². The molecule has 0 saturated heterocycles. The molecular formula is C14H29N3O2. The minimum Gasteiger partial charge on any atom is -0.370 e. The molecule has 0 unspecified atom stereocenters. The highest BCUT2D eigenvalue weighted by atomic mass is 16.1. The number of carbonyl (C=O) groups is 2. The van der Waals surface area contributed by atoms with Crippen LogP contribution in [0.1, 0.15) is 64.2 Å². The maximum atomic E-state index is 11.3. The maximum Gasteiger partial charge on any atom is 0.220 e. The Morgan fingerprint density at radius 1 is 0.789 bits per heavy atom. The average molecular weight is 271 g/mol. The number of carbonyl (C=O) groups excluding carboxylic acids is 2. The number of primary amides is 1. The van der Waals surface area contributed by atoms with Crippen LogP contribution in [0.2, 0.25) is 0 Å². The van der Waals surface area contributed by atoms with Gasteiger partial charge in [-0.3, -0.25) is 9.59 Å². The van der Waals surface area contributed by atoms with Crippen molar-refractivity contribution < 1.29 is 9.59 Å². The second-order valence-corrected chi connectivity index (χ2v) is 4.93. The Labute approximate surface area is 116 Å². The van der Waals surface area contributed by atoms with Crippen LogP contribution in [0.15, 0.2) is 0 Å². The third-order valence-electron chi connectivity index (χ3n) is 3.04. The summed E-state index contributed by atoms with van der Waals surface area (Å²) in [5, 5.41) is 2.76. The van der Waals surface area contributed by atoms with E-state index in [4.69, 9.17) is 11.5 Å². The maximum absolute atomic E-state index is 11.3. The van der Waals surface area contributed by atoms with Crippen molar-refractivity contribution in [1.82, 2.24) is 5.32 Å². The van der Waals surface area contributed by atoms with E-state index in [9.17, 15) is 9.59 Å². The Bertz CT molecular complexity index is 245. The Morgan fingerprint density at radius 3 is 1.74 bits per heavy atom. The SMILES string of the molecule is NCCNC(=O)CCCCCCCCCCC(N)=O. The van der Waals surface area contributed by atoms with Crippen LogP contribution in [0, 0.1) is 0 Å². The number of amides is 2. The van der Waals surface area contributed by atoms with Crippen molar-refractivity contribution in [3.8, 4) is 0 Å². The highest BCUT2D eigenvalue weighted by Gasteiger charge is 1.99. The van der Waals surface area contributed by atoms with Gasteiger partial charge in [0.1, 0.15) is 0 Å². The van der Waals surface area contributed by atoms with Crippen molar-refractivity contribution in [3.63, 3.8) is 0 Å². The second-order valence-electron chi connectivity index (χ2n) is 4.93. The minimum atomic E-state index is -0.201. The molecule has 0 radical (unpaired) electrons. The molecule has 0 aromatic carbocycles. The van der Waals surface area contributed by atoms with Crippen LogP contribution in [0.25, 0.3) is 0 Å². The van der Waals surface area contributed by atoms with E-state index < -0.39 is 0 Å². The van der Waals surface area contributed by atoms with Gasteiger partial charge in [0.15, 0.2) is 0 Å². The molecule has 0 bridgehead atoms. The second kappa shape index (κ2) is 13.3. The third-order valence-corrected chi connectivity index (χ3v) is 3.04. The number of hydrogen-bond donors (Lipinski definition) is 3. The normalized spacial score (nSPS) is 10.4. The molecule has 5 N–H and O–H groups in total. The van der Waals surface area contributed by atoms with Gasteiger partial charge in [0, 0.05) is 25.9 Å². The fourth-order valence-electron chi connectivity index (χ4n) is 1.95. The summed E-state index contributed by atoms with van der Waals surface area (Å²) in [7, 11) is 0. The lowest BCUT2D eigenvalue weighted by molar-refractivity contribution is -0.121. The number of nitrogens with one attached hydrogen (secondary N) is 1. The van der Waals surface area contributed by atoms with Crippen LogP contribution in [0.4, 0.5) is 0 Å². The smallest absolute Gasteiger partial charge is 0.220 e. The van der Waals surface area contributed by atoms with Gasteiger partial charge < -0.3 is 16.8 Å². The Hall–Kier alpha value is -1.10. The lowest BCUT2D eigenvalue weighted by Crippen LogP contribution is -2.28. The van der Waals surface area contributed by atoms with Gasteiger partial charge in [-0.15, -0.1) is 0 Å². The summed E-state index contributed by atoms with van der Waals surface area (Å²) in [6.45, 7) is 1.08. The van der Waals surface area contributed by atoms with E-state index in [2.05, 4.69) is 5.32 Å². The van der Waals surface area contributed by atoms with Crippen molar-refractivity contribution in [1.29, 1.82) is 0 Å². The number of unbranched alkanes of at least 4 members (excludes halogenated alkanes) is 7. The third kappa shape index (κ3) is 14.8. The van der Waals surface area contributed by atoms with E-state index in [1.165, 1.54) is 25.7 Å². The van der Waals surface area contributed by atoms with Crippen LogP contribution in [-0.2, 0) is 9.59 Å². The number of nitrogens with two attached hydrogens (primary N) is 2. The van der Waals surface area contributed by atoms with Gasteiger partial charge in [0.25, 0.3) is 0 Å². The Kier molecular flexibility index (Phi) is 12.6. The number of hydrogen-bond acceptors (Lipinski definition) is 3. The zero-order valence-electron chi connectivity index (χ0n) is 12.0. The molecule has 0 aliphatic heterocycles. The fourth-order valence-corrected chi connectivity index (χ4v) is 1.95. The zero-order chi connectivity index (χ0) is 14.3. The molecule has 2 amide bonds. The first-order valence-corrected chi connectivity index (χ1v) is 7.42.